The number of halogens is 1. The van der Waals surface area contributed by atoms with Gasteiger partial charge in [0.25, 0.3) is 5.82 Å². The number of aromatic amines is 1. The third-order valence-corrected chi connectivity index (χ3v) is 3.88. The zero-order valence-electron chi connectivity index (χ0n) is 11.6. The first-order valence-electron chi connectivity index (χ1n) is 6.86. The number of carbonyl (C=O) groups excluding carboxylic acids is 1. The lowest BCUT2D eigenvalue weighted by Gasteiger charge is -2.19. The summed E-state index contributed by atoms with van der Waals surface area (Å²) in [6, 6.07) is 3.21. The molecule has 7 nitrogen and oxygen atoms in total. The van der Waals surface area contributed by atoms with Gasteiger partial charge in [-0.3, -0.25) is 19.8 Å². The summed E-state index contributed by atoms with van der Waals surface area (Å²) < 4.78 is 0. The molecule has 114 valence electrons. The molecule has 0 bridgehead atoms. The first kappa shape index (κ1) is 15.7. The van der Waals surface area contributed by atoms with E-state index in [1.165, 1.54) is 12.3 Å². The summed E-state index contributed by atoms with van der Waals surface area (Å²) in [7, 11) is 0. The zero-order valence-corrected chi connectivity index (χ0v) is 13.2. The van der Waals surface area contributed by atoms with E-state index in [0.29, 0.717) is 18.3 Å². The second-order valence-electron chi connectivity index (χ2n) is 4.85. The van der Waals surface area contributed by atoms with Crippen LogP contribution in [0.3, 0.4) is 0 Å². The molecule has 1 saturated heterocycles. The normalized spacial score (nSPS) is 15.7. The van der Waals surface area contributed by atoms with Gasteiger partial charge in [-0.05, 0) is 0 Å². The van der Waals surface area contributed by atoms with Gasteiger partial charge in [-0.2, -0.15) is 0 Å². The van der Waals surface area contributed by atoms with Crippen LogP contribution in [0, 0.1) is 10.1 Å². The van der Waals surface area contributed by atoms with Crippen LogP contribution in [0.1, 0.15) is 12.8 Å². The van der Waals surface area contributed by atoms with Crippen molar-refractivity contribution in [3.8, 4) is 0 Å². The second kappa shape index (κ2) is 7.35. The average molecular weight is 358 g/mol. The number of rotatable bonds is 4. The molecule has 1 aliphatic rings. The molecule has 2 heterocycles. The maximum absolute atomic E-state index is 11.9. The molecule has 0 aromatic carbocycles. The lowest BCUT2D eigenvalue weighted by Crippen LogP contribution is -2.36. The molecule has 1 aromatic rings. The second-order valence-corrected chi connectivity index (χ2v) is 5.64. The lowest BCUT2D eigenvalue weighted by molar-refractivity contribution is -0.414. The summed E-state index contributed by atoms with van der Waals surface area (Å²) in [5, 5.41) is 11.3. The Labute approximate surface area is 131 Å². The highest BCUT2D eigenvalue weighted by Crippen LogP contribution is 2.14. The fourth-order valence-electron chi connectivity index (χ4n) is 2.37. The number of H-pyrrole nitrogens is 1. The molecule has 1 aromatic heterocycles. The van der Waals surface area contributed by atoms with E-state index in [1.54, 1.807) is 6.07 Å². The van der Waals surface area contributed by atoms with Crippen molar-refractivity contribution in [2.75, 3.05) is 36.4 Å². The van der Waals surface area contributed by atoms with Gasteiger partial charge in [-0.25, -0.2) is 4.98 Å². The van der Waals surface area contributed by atoms with Crippen molar-refractivity contribution in [3.63, 3.8) is 0 Å². The van der Waals surface area contributed by atoms with E-state index in [-0.39, 0.29) is 11.6 Å². The van der Waals surface area contributed by atoms with E-state index in [0.717, 1.165) is 31.9 Å². The van der Waals surface area contributed by atoms with Crippen LogP contribution in [0.25, 0.3) is 0 Å². The predicted molar refractivity (Wildman–Crippen MR) is 81.5 cm³/mol. The molecule has 2 rings (SSSR count). The van der Waals surface area contributed by atoms with Crippen molar-refractivity contribution in [2.45, 2.75) is 12.8 Å². The number of aromatic nitrogens is 1. The number of anilines is 1. The summed E-state index contributed by atoms with van der Waals surface area (Å²) in [5.74, 6) is 1.01. The minimum atomic E-state index is -0.427. The Morgan fingerprint density at radius 1 is 1.33 bits per heavy atom. The Morgan fingerprint density at radius 2 is 2.14 bits per heavy atom. The molecule has 21 heavy (non-hydrogen) atoms. The standard InChI is InChI=1S/C13H17BrN4O3/c14-5-4-13(19)17-7-1-6-16(8-9-17)12-3-2-11(10-15-12)18(20)21/h2-3,10H,1,4-9H2/p+1. The van der Waals surface area contributed by atoms with Crippen LogP contribution < -0.4 is 9.88 Å². The monoisotopic (exact) mass is 357 g/mol. The number of nitrogens with one attached hydrogen (secondary N) is 1. The Balaban J connectivity index is 1.99. The Kier molecular flexibility index (Phi) is 5.49. The van der Waals surface area contributed by atoms with Crippen molar-refractivity contribution < 1.29 is 14.7 Å². The number of nitro groups is 1. The van der Waals surface area contributed by atoms with E-state index in [9.17, 15) is 14.9 Å². The highest BCUT2D eigenvalue weighted by Gasteiger charge is 2.24. The molecule has 0 unspecified atom stereocenters. The van der Waals surface area contributed by atoms with Gasteiger partial charge in [0.15, 0.2) is 6.20 Å². The van der Waals surface area contributed by atoms with E-state index >= 15 is 0 Å². The molecule has 8 heteroatoms. The van der Waals surface area contributed by atoms with Crippen LogP contribution in [-0.4, -0.2) is 47.2 Å². The van der Waals surface area contributed by atoms with Crippen LogP contribution in [-0.2, 0) is 4.79 Å². The van der Waals surface area contributed by atoms with E-state index in [1.807, 2.05) is 4.90 Å². The number of alkyl halides is 1. The third kappa shape index (κ3) is 4.13. The highest BCUT2D eigenvalue weighted by atomic mass is 79.9. The Bertz CT molecular complexity index is 509. The van der Waals surface area contributed by atoms with Gasteiger partial charge < -0.3 is 4.90 Å². The van der Waals surface area contributed by atoms with Crippen LogP contribution in [0.2, 0.25) is 0 Å². The number of carbonyl (C=O) groups is 1. The highest BCUT2D eigenvalue weighted by molar-refractivity contribution is 9.09. The number of pyridine rings is 1. The van der Waals surface area contributed by atoms with Crippen LogP contribution >= 0.6 is 15.9 Å². The molecule has 0 atom stereocenters. The summed E-state index contributed by atoms with van der Waals surface area (Å²) in [4.78, 5) is 29.1. The van der Waals surface area contributed by atoms with Crippen molar-refractivity contribution in [2.24, 2.45) is 0 Å². The van der Waals surface area contributed by atoms with Gasteiger partial charge in [0, 0.05) is 36.8 Å². The molecule has 1 fully saturated rings. The minimum Gasteiger partial charge on any atom is -0.339 e. The fourth-order valence-corrected chi connectivity index (χ4v) is 2.70. The van der Waals surface area contributed by atoms with Crippen LogP contribution in [0.15, 0.2) is 18.3 Å². The molecule has 1 N–H and O–H groups in total. The maximum atomic E-state index is 11.9. The van der Waals surface area contributed by atoms with Gasteiger partial charge in [0.1, 0.15) is 6.54 Å². The SMILES string of the molecule is O=C(CCBr)N1CCCN(c2ccc([N+](=O)[O-])c[nH+]2)CC1. The molecule has 0 aliphatic carbocycles. The van der Waals surface area contributed by atoms with Gasteiger partial charge in [-0.15, -0.1) is 0 Å². The van der Waals surface area contributed by atoms with Crippen LogP contribution in [0.5, 0.6) is 0 Å². The number of nitrogens with zero attached hydrogens (tertiary/aromatic N) is 3. The maximum Gasteiger partial charge on any atom is 0.308 e. The molecular formula is C13H18BrN4O3+. The smallest absolute Gasteiger partial charge is 0.308 e. The van der Waals surface area contributed by atoms with E-state index in [2.05, 4.69) is 25.8 Å². The summed E-state index contributed by atoms with van der Waals surface area (Å²) in [6.07, 6.45) is 2.80. The first-order valence-corrected chi connectivity index (χ1v) is 7.99. The third-order valence-electron chi connectivity index (χ3n) is 3.49. The minimum absolute atomic E-state index is 0.0442. The van der Waals surface area contributed by atoms with Gasteiger partial charge in [-0.1, -0.05) is 15.9 Å². The van der Waals surface area contributed by atoms with Gasteiger partial charge in [0.2, 0.25) is 5.91 Å². The zero-order chi connectivity index (χ0) is 15.2. The largest absolute Gasteiger partial charge is 0.339 e. The summed E-state index contributed by atoms with van der Waals surface area (Å²) in [6.45, 7) is 2.99. The summed E-state index contributed by atoms with van der Waals surface area (Å²) >= 11 is 3.29. The number of amides is 1. The molecule has 1 aliphatic heterocycles. The van der Waals surface area contributed by atoms with Crippen molar-refractivity contribution in [1.82, 2.24) is 4.90 Å². The molecule has 0 radical (unpaired) electrons. The number of hydrogen-bond donors (Lipinski definition) is 0. The average Bonchev–Trinajstić information content (AvgIpc) is 2.73. The lowest BCUT2D eigenvalue weighted by atomic mass is 10.3. The van der Waals surface area contributed by atoms with E-state index < -0.39 is 4.92 Å². The van der Waals surface area contributed by atoms with E-state index in [4.69, 9.17) is 0 Å². The van der Waals surface area contributed by atoms with Crippen molar-refractivity contribution in [1.29, 1.82) is 0 Å². The molecular weight excluding hydrogens is 340 g/mol. The topological polar surface area (TPSA) is 80.8 Å². The molecule has 0 saturated carbocycles. The summed E-state index contributed by atoms with van der Waals surface area (Å²) in [5.41, 5.74) is 0.0442. The first-order chi connectivity index (χ1) is 10.1. The Hall–Kier alpha value is -1.70. The molecule has 0 spiro atoms. The van der Waals surface area contributed by atoms with Crippen LogP contribution in [0.4, 0.5) is 11.5 Å². The van der Waals surface area contributed by atoms with Gasteiger partial charge in [0.05, 0.1) is 18.0 Å². The Morgan fingerprint density at radius 3 is 2.76 bits per heavy atom. The predicted octanol–water partition coefficient (Wildman–Crippen LogP) is 1.23. The number of hydrogen-bond acceptors (Lipinski definition) is 4. The van der Waals surface area contributed by atoms with Crippen molar-refractivity contribution >= 4 is 33.3 Å². The quantitative estimate of drug-likeness (QED) is 0.461. The molecule has 1 amide bonds. The van der Waals surface area contributed by atoms with Crippen molar-refractivity contribution in [3.05, 3.63) is 28.4 Å². The fraction of sp³-hybridized carbons (Fsp3) is 0.538. The van der Waals surface area contributed by atoms with Gasteiger partial charge >= 0.3 is 5.69 Å².